The van der Waals surface area contributed by atoms with Crippen LogP contribution in [0, 0.1) is 20.2 Å². The van der Waals surface area contributed by atoms with Crippen LogP contribution in [0.5, 0.6) is 0 Å². The molecular formula is C52H40Br2N6O15S2. The van der Waals surface area contributed by atoms with Gasteiger partial charge in [-0.3, -0.25) is 29.8 Å². The quantitative estimate of drug-likeness (QED) is 0.0398. The number of halogens is 2. The highest BCUT2D eigenvalue weighted by Crippen LogP contribution is 2.49. The molecule has 2 atom stereocenters. The smallest absolute Gasteiger partial charge is 0.294 e. The van der Waals surface area contributed by atoms with Gasteiger partial charge in [0.1, 0.15) is 22.7 Å². The number of hydrogen-bond donors (Lipinski definition) is 4. The Hall–Kier alpha value is -7.36. The summed E-state index contributed by atoms with van der Waals surface area (Å²) in [6, 6.07) is 27.9. The Morgan fingerprint density at radius 2 is 0.987 bits per heavy atom. The molecule has 0 aliphatic carbocycles. The molecule has 0 radical (unpaired) electrons. The molecule has 394 valence electrons. The number of carbonyl (C=O) groups is 2. The summed E-state index contributed by atoms with van der Waals surface area (Å²) in [5.74, 6) is -0.791. The highest BCUT2D eigenvalue weighted by Gasteiger charge is 2.40. The van der Waals surface area contributed by atoms with Crippen LogP contribution in [0.1, 0.15) is 44.1 Å². The van der Waals surface area contributed by atoms with Crippen molar-refractivity contribution in [2.24, 2.45) is 0 Å². The Morgan fingerprint density at radius 3 is 1.36 bits per heavy atom. The number of aliphatic hydroxyl groups is 2. The predicted octanol–water partition coefficient (Wildman–Crippen LogP) is 9.05. The first-order chi connectivity index (χ1) is 36.9. The Kier molecular flexibility index (Phi) is 13.4. The number of aliphatic hydroxyl groups excluding tert-OH is 2. The molecule has 9 aromatic rings. The minimum Gasteiger partial charge on any atom is -0.456 e. The van der Waals surface area contributed by atoms with Crippen LogP contribution >= 0.6 is 31.9 Å². The number of non-ortho nitro benzene ring substituents is 2. The van der Waals surface area contributed by atoms with Gasteiger partial charge >= 0.3 is 0 Å². The summed E-state index contributed by atoms with van der Waals surface area (Å²) < 4.78 is 74.6. The van der Waals surface area contributed by atoms with E-state index >= 15 is 0 Å². The Balaban J connectivity index is 0.847. The average Bonchev–Trinajstić information content (AvgIpc) is 4.44. The number of hydrogen-bond acceptors (Lipinski definition) is 15. The second-order valence-corrected chi connectivity index (χ2v) is 23.1. The van der Waals surface area contributed by atoms with E-state index in [4.69, 9.17) is 23.5 Å². The van der Waals surface area contributed by atoms with Gasteiger partial charge in [-0.25, -0.2) is 26.3 Å². The average molecular weight is 1210 g/mol. The topological polar surface area (TPSA) is 299 Å². The predicted molar refractivity (Wildman–Crippen MR) is 291 cm³/mol. The highest BCUT2D eigenvalue weighted by molar-refractivity contribution is 9.09. The van der Waals surface area contributed by atoms with Gasteiger partial charge in [0.05, 0.1) is 55.0 Å². The number of fused-ring (bicyclic) bond motifs is 8. The van der Waals surface area contributed by atoms with Crippen LogP contribution in [0.3, 0.4) is 0 Å². The van der Waals surface area contributed by atoms with Gasteiger partial charge in [0.2, 0.25) is 20.0 Å². The van der Waals surface area contributed by atoms with Crippen molar-refractivity contribution in [1.29, 1.82) is 0 Å². The molecule has 4 N–H and O–H groups in total. The van der Waals surface area contributed by atoms with E-state index in [0.717, 1.165) is 0 Å². The normalized spacial score (nSPS) is 15.5. The summed E-state index contributed by atoms with van der Waals surface area (Å²) in [6.07, 6.45) is 0. The second kappa shape index (κ2) is 19.9. The molecule has 11 rings (SSSR count). The number of nitrogens with one attached hydrogen (secondary N) is 2. The fourth-order valence-electron chi connectivity index (χ4n) is 10.2. The molecule has 21 nitrogen and oxygen atoms in total. The molecule has 0 saturated heterocycles. The molecular weight excluding hydrogens is 1170 g/mol. The number of amides is 2. The van der Waals surface area contributed by atoms with Crippen LogP contribution in [-0.4, -0.2) is 98.8 Å². The van der Waals surface area contributed by atoms with Gasteiger partial charge in [-0.2, -0.15) is 0 Å². The first-order valence-electron chi connectivity index (χ1n) is 23.6. The third-order valence-corrected chi connectivity index (χ3v) is 18.2. The second-order valence-electron chi connectivity index (χ2n) is 18.3. The monoisotopic (exact) mass is 1210 g/mol. The Labute approximate surface area is 452 Å². The lowest BCUT2D eigenvalue weighted by atomic mass is 9.95. The van der Waals surface area contributed by atoms with E-state index in [1.54, 1.807) is 60.7 Å². The minimum absolute atomic E-state index is 0.0201. The van der Waals surface area contributed by atoms with Crippen LogP contribution in [0.25, 0.3) is 66.1 Å². The summed E-state index contributed by atoms with van der Waals surface area (Å²) in [6.45, 7) is -1.06. The summed E-state index contributed by atoms with van der Waals surface area (Å²) in [5, 5.41) is 46.1. The van der Waals surface area contributed by atoms with E-state index in [9.17, 15) is 46.7 Å². The molecule has 0 spiro atoms. The Morgan fingerprint density at radius 1 is 0.571 bits per heavy atom. The molecule has 2 unspecified atom stereocenters. The van der Waals surface area contributed by atoms with Gasteiger partial charge in [-0.1, -0.05) is 44.0 Å². The first kappa shape index (κ1) is 51.7. The van der Waals surface area contributed by atoms with Crippen LogP contribution in [-0.2, 0) is 20.0 Å². The number of alkyl halides is 2. The lowest BCUT2D eigenvalue weighted by molar-refractivity contribution is -0.383. The number of carbonyl (C=O) groups excluding carboxylic acids is 2. The summed E-state index contributed by atoms with van der Waals surface area (Å²) in [7, 11) is -8.18. The molecule has 0 saturated carbocycles. The molecule has 2 aliphatic heterocycles. The fourth-order valence-corrected chi connectivity index (χ4v) is 13.4. The van der Waals surface area contributed by atoms with Crippen molar-refractivity contribution in [1.82, 2.24) is 9.44 Å². The molecule has 5 heterocycles. The third kappa shape index (κ3) is 9.04. The number of nitrogens with zero attached hydrogens (tertiary/aromatic N) is 4. The van der Waals surface area contributed by atoms with Gasteiger partial charge < -0.3 is 33.3 Å². The van der Waals surface area contributed by atoms with Crippen molar-refractivity contribution in [2.75, 3.05) is 59.9 Å². The van der Waals surface area contributed by atoms with Crippen molar-refractivity contribution < 1.29 is 59.7 Å². The summed E-state index contributed by atoms with van der Waals surface area (Å²) in [5.41, 5.74) is 3.14. The van der Waals surface area contributed by atoms with Crippen LogP contribution < -0.4 is 19.2 Å². The van der Waals surface area contributed by atoms with Gasteiger partial charge in [0, 0.05) is 82.7 Å². The fraction of sp³-hybridized carbons (Fsp3) is 0.192. The highest BCUT2D eigenvalue weighted by atomic mass is 79.9. The molecule has 0 fully saturated rings. The number of benzene rings is 6. The molecule has 2 amide bonds. The van der Waals surface area contributed by atoms with Crippen LogP contribution in [0.2, 0.25) is 0 Å². The number of nitro benzene ring substituents is 2. The number of furan rings is 3. The van der Waals surface area contributed by atoms with Crippen molar-refractivity contribution in [2.45, 2.75) is 21.6 Å². The number of rotatable bonds is 16. The van der Waals surface area contributed by atoms with Gasteiger partial charge in [0.25, 0.3) is 23.2 Å². The lowest BCUT2D eigenvalue weighted by Gasteiger charge is -2.16. The maximum atomic E-state index is 14.3. The molecule has 25 heteroatoms. The standard InChI is InChI=1S/C52H40Br2N6O15S2/c53-23-31-25-57(41-21-39(59(65)66)37-19-33(3-5-35(37)49(31)41)76(69,70)55-11-13-61)51(63)47-17-29-15-27(1-7-45(29)74-47)43-9-10-44(73-43)28-2-8-46-30(16-28)18-48(75-46)52(64)58-26-32(24-54)50-36-6-4-34(77(71,72)56-12-14-62)20-38(36)40(60(67)68)22-42(50)58/h1-10,15-22,31-32,55-56,61-62H,11-14,23-26H2. The van der Waals surface area contributed by atoms with Crippen molar-refractivity contribution >= 4 is 130 Å². The van der Waals surface area contributed by atoms with E-state index in [0.29, 0.717) is 88.5 Å². The number of anilines is 2. The van der Waals surface area contributed by atoms with Crippen LogP contribution in [0.15, 0.2) is 132 Å². The maximum absolute atomic E-state index is 14.3. The zero-order valence-corrected chi connectivity index (χ0v) is 44.6. The SMILES string of the molecule is O=C(c1cc2cc(-c3ccc(-c4ccc5oc(C(=O)N6CC(CBr)c7c6cc([N+](=O)[O-])c6cc(S(=O)(=O)NCCO)ccc76)cc5c4)o3)ccc2o1)N1CC(CBr)c2c1cc([N+](=O)[O-])c1cc(S(=O)(=O)NCCO)ccc21. The lowest BCUT2D eigenvalue weighted by Crippen LogP contribution is -2.29. The van der Waals surface area contributed by atoms with E-state index in [1.807, 2.05) is 0 Å². The van der Waals surface area contributed by atoms with Crippen molar-refractivity contribution in [3.8, 4) is 22.6 Å². The van der Waals surface area contributed by atoms with Crippen molar-refractivity contribution in [3.05, 3.63) is 152 Å². The molecule has 2 aliphatic rings. The largest absolute Gasteiger partial charge is 0.456 e. The Bertz CT molecular complexity index is 3950. The first-order valence-corrected chi connectivity index (χ1v) is 28.8. The van der Waals surface area contributed by atoms with E-state index in [-0.39, 0.29) is 70.1 Å². The minimum atomic E-state index is -4.09. The third-order valence-electron chi connectivity index (χ3n) is 13.7. The van der Waals surface area contributed by atoms with Gasteiger partial charge in [-0.05, 0) is 107 Å². The molecule has 0 bridgehead atoms. The summed E-state index contributed by atoms with van der Waals surface area (Å²) in [4.78, 5) is 54.7. The van der Waals surface area contributed by atoms with E-state index in [1.165, 1.54) is 58.3 Å². The molecule has 77 heavy (non-hydrogen) atoms. The molecule has 6 aromatic carbocycles. The maximum Gasteiger partial charge on any atom is 0.294 e. The van der Waals surface area contributed by atoms with Gasteiger partial charge in [-0.15, -0.1) is 0 Å². The van der Waals surface area contributed by atoms with E-state index < -0.39 is 66.3 Å². The zero-order chi connectivity index (χ0) is 54.2. The number of sulfonamides is 2. The van der Waals surface area contributed by atoms with Gasteiger partial charge in [0.15, 0.2) is 11.5 Å². The summed E-state index contributed by atoms with van der Waals surface area (Å²) >= 11 is 7.06. The zero-order valence-electron chi connectivity index (χ0n) is 39.8. The van der Waals surface area contributed by atoms with E-state index in [2.05, 4.69) is 41.3 Å². The number of nitro groups is 2. The molecule has 3 aromatic heterocycles. The van der Waals surface area contributed by atoms with Crippen LogP contribution in [0.4, 0.5) is 22.7 Å². The van der Waals surface area contributed by atoms with Crippen molar-refractivity contribution in [3.63, 3.8) is 0 Å².